The summed E-state index contributed by atoms with van der Waals surface area (Å²) in [4.78, 5) is 30.6. The number of rotatable bonds is 9. The molecule has 1 heterocycles. The molecular weight excluding hydrogens is 436 g/mol. The van der Waals surface area contributed by atoms with E-state index in [2.05, 4.69) is 30.6 Å². The Morgan fingerprint density at radius 2 is 1.59 bits per heavy atom. The first-order valence-electron chi connectivity index (χ1n) is 9.24. The average Bonchev–Trinajstić information content (AvgIpc) is 2.78. The number of anilines is 4. The number of aromatic nitrogens is 2. The molecule has 0 bridgehead atoms. The van der Waals surface area contributed by atoms with Gasteiger partial charge in [-0.1, -0.05) is 6.07 Å². The zero-order chi connectivity index (χ0) is 23.1. The Balaban J connectivity index is 1.69. The maximum absolute atomic E-state index is 12.0. The van der Waals surface area contributed by atoms with Gasteiger partial charge in [0.05, 0.1) is 17.4 Å². The van der Waals surface area contributed by atoms with Crippen LogP contribution in [0.1, 0.15) is 10.4 Å². The minimum Gasteiger partial charge on any atom is -0.548 e. The van der Waals surface area contributed by atoms with Crippen molar-refractivity contribution in [3.63, 3.8) is 0 Å². The summed E-state index contributed by atoms with van der Waals surface area (Å²) < 4.78 is 26.2. The number of nitrogens with zero attached hydrogens (tertiary/aromatic N) is 2. The van der Waals surface area contributed by atoms with E-state index in [1.165, 1.54) is 37.6 Å². The monoisotopic (exact) mass is 455 g/mol. The molecule has 3 rings (SSSR count). The van der Waals surface area contributed by atoms with Crippen molar-refractivity contribution in [3.05, 3.63) is 66.5 Å². The van der Waals surface area contributed by atoms with E-state index in [-0.39, 0.29) is 4.90 Å². The minimum atomic E-state index is -3.58. The first-order valence-corrected chi connectivity index (χ1v) is 10.7. The number of carboxylic acids is 1. The lowest BCUT2D eigenvalue weighted by Crippen LogP contribution is -2.37. The normalized spacial score (nSPS) is 10.9. The van der Waals surface area contributed by atoms with E-state index in [4.69, 9.17) is 0 Å². The molecule has 0 atom stereocenters. The Morgan fingerprint density at radius 1 is 0.938 bits per heavy atom. The molecule has 32 heavy (non-hydrogen) atoms. The summed E-state index contributed by atoms with van der Waals surface area (Å²) >= 11 is 0. The number of benzene rings is 2. The second-order valence-electron chi connectivity index (χ2n) is 6.41. The summed E-state index contributed by atoms with van der Waals surface area (Å²) in [5, 5.41) is 18.7. The first-order chi connectivity index (χ1) is 15.3. The number of hydrogen-bond acceptors (Lipinski definition) is 9. The molecule has 0 unspecified atom stereocenters. The fraction of sp³-hybridized carbons (Fsp3) is 0.100. The van der Waals surface area contributed by atoms with Gasteiger partial charge >= 0.3 is 0 Å². The van der Waals surface area contributed by atoms with Crippen LogP contribution >= 0.6 is 0 Å². The van der Waals surface area contributed by atoms with E-state index in [1.807, 2.05) is 0 Å². The molecule has 3 aromatic rings. The van der Waals surface area contributed by atoms with Crippen LogP contribution in [0.4, 0.5) is 23.0 Å². The summed E-state index contributed by atoms with van der Waals surface area (Å²) in [7, 11) is -2.24. The first kappa shape index (κ1) is 22.7. The minimum absolute atomic E-state index is 0.112. The lowest BCUT2D eigenvalue weighted by atomic mass is 10.2. The van der Waals surface area contributed by atoms with Gasteiger partial charge < -0.3 is 25.9 Å². The number of nitrogens with one attached hydrogen (secondary N) is 4. The molecule has 0 aliphatic rings. The summed E-state index contributed by atoms with van der Waals surface area (Å²) in [6, 6.07) is 14.2. The van der Waals surface area contributed by atoms with Gasteiger partial charge in [0.15, 0.2) is 0 Å². The van der Waals surface area contributed by atoms with Gasteiger partial charge in [0.1, 0.15) is 18.0 Å². The number of aliphatic carboxylic acids is 1. The van der Waals surface area contributed by atoms with Crippen LogP contribution in [-0.4, -0.2) is 43.9 Å². The fourth-order valence-corrected chi connectivity index (χ4v) is 3.38. The van der Waals surface area contributed by atoms with Crippen molar-refractivity contribution in [1.82, 2.24) is 20.0 Å². The number of carboxylic acid groups (broad SMARTS) is 1. The van der Waals surface area contributed by atoms with Gasteiger partial charge in [-0.25, -0.2) is 23.1 Å². The zero-order valence-corrected chi connectivity index (χ0v) is 17.6. The van der Waals surface area contributed by atoms with Crippen molar-refractivity contribution in [2.75, 3.05) is 24.2 Å². The van der Waals surface area contributed by atoms with Crippen molar-refractivity contribution < 1.29 is 23.1 Å². The van der Waals surface area contributed by atoms with E-state index in [9.17, 15) is 23.1 Å². The lowest BCUT2D eigenvalue weighted by molar-refractivity contribution is -0.303. The maximum atomic E-state index is 12.0. The number of hydrogen-bond donors (Lipinski definition) is 4. The van der Waals surface area contributed by atoms with Crippen LogP contribution in [0.15, 0.2) is 65.8 Å². The molecule has 12 heteroatoms. The highest BCUT2D eigenvalue weighted by atomic mass is 32.2. The highest BCUT2D eigenvalue weighted by Crippen LogP contribution is 2.21. The van der Waals surface area contributed by atoms with Crippen LogP contribution in [0.2, 0.25) is 0 Å². The van der Waals surface area contributed by atoms with E-state index in [1.54, 1.807) is 30.3 Å². The van der Waals surface area contributed by atoms with E-state index in [0.29, 0.717) is 28.6 Å². The van der Waals surface area contributed by atoms with Gasteiger partial charge in [-0.2, -0.15) is 0 Å². The predicted molar refractivity (Wildman–Crippen MR) is 115 cm³/mol. The molecule has 1 aromatic heterocycles. The molecule has 0 saturated carbocycles. The molecule has 0 radical (unpaired) electrons. The Kier molecular flexibility index (Phi) is 6.97. The molecule has 166 valence electrons. The van der Waals surface area contributed by atoms with Crippen LogP contribution in [0.25, 0.3) is 0 Å². The van der Waals surface area contributed by atoms with E-state index in [0.717, 1.165) is 0 Å². The molecule has 0 aliphatic heterocycles. The van der Waals surface area contributed by atoms with Crippen LogP contribution in [0.3, 0.4) is 0 Å². The van der Waals surface area contributed by atoms with Crippen molar-refractivity contribution in [2.24, 2.45) is 0 Å². The van der Waals surface area contributed by atoms with E-state index < -0.39 is 28.4 Å². The van der Waals surface area contributed by atoms with E-state index >= 15 is 0 Å². The van der Waals surface area contributed by atoms with Gasteiger partial charge in [-0.05, 0) is 49.5 Å². The summed E-state index contributed by atoms with van der Waals surface area (Å²) in [6.07, 6.45) is 1.33. The van der Waals surface area contributed by atoms with Crippen molar-refractivity contribution >= 4 is 44.9 Å². The van der Waals surface area contributed by atoms with Crippen molar-refractivity contribution in [2.45, 2.75) is 4.90 Å². The van der Waals surface area contributed by atoms with Crippen molar-refractivity contribution in [3.8, 4) is 0 Å². The largest absolute Gasteiger partial charge is 0.548 e. The van der Waals surface area contributed by atoms with Crippen molar-refractivity contribution in [1.29, 1.82) is 0 Å². The van der Waals surface area contributed by atoms with Crippen LogP contribution < -0.4 is 25.8 Å². The number of carbonyl (C=O) groups is 2. The SMILES string of the molecule is CNS(=O)(=O)c1cccc(Nc2cc(Nc3ccc(C(=O)NCC(=O)[O-])cc3)ncn2)c1. The molecule has 2 aromatic carbocycles. The summed E-state index contributed by atoms with van der Waals surface area (Å²) in [5.41, 5.74) is 1.45. The molecule has 0 fully saturated rings. The van der Waals surface area contributed by atoms with Crippen LogP contribution in [0.5, 0.6) is 0 Å². The van der Waals surface area contributed by atoms with Gasteiger partial charge in [-0.15, -0.1) is 0 Å². The maximum Gasteiger partial charge on any atom is 0.251 e. The van der Waals surface area contributed by atoms with Gasteiger partial charge in [0.25, 0.3) is 5.91 Å². The summed E-state index contributed by atoms with van der Waals surface area (Å²) in [6.45, 7) is -0.570. The van der Waals surface area contributed by atoms with Gasteiger partial charge in [0.2, 0.25) is 10.0 Å². The molecule has 0 spiro atoms. The third kappa shape index (κ3) is 6.00. The van der Waals surface area contributed by atoms with Crippen LogP contribution in [0, 0.1) is 0 Å². The highest BCUT2D eigenvalue weighted by Gasteiger charge is 2.12. The Hall–Kier alpha value is -4.03. The second-order valence-corrected chi connectivity index (χ2v) is 8.29. The molecule has 1 amide bonds. The quantitative estimate of drug-likeness (QED) is 0.356. The third-order valence-corrected chi connectivity index (χ3v) is 5.58. The third-order valence-electron chi connectivity index (χ3n) is 4.17. The Labute approximate surface area is 184 Å². The van der Waals surface area contributed by atoms with Crippen LogP contribution in [-0.2, 0) is 14.8 Å². The average molecular weight is 455 g/mol. The second kappa shape index (κ2) is 9.85. The molecule has 4 N–H and O–H groups in total. The molecule has 11 nitrogen and oxygen atoms in total. The molecular formula is C20H19N6O5S-. The Morgan fingerprint density at radius 3 is 2.22 bits per heavy atom. The standard InChI is InChI=1S/C20H20N6O5S/c1-21-32(30,31)16-4-2-3-15(9-16)26-18-10-17(23-12-24-18)25-14-7-5-13(6-8-14)20(29)22-11-19(27)28/h2-10,12,21H,11H2,1H3,(H,22,29)(H,27,28)(H2,23,24,25,26)/p-1. The fourth-order valence-electron chi connectivity index (χ4n) is 2.61. The summed E-state index contributed by atoms with van der Waals surface area (Å²) in [5.74, 6) is -1.02. The van der Waals surface area contributed by atoms with Gasteiger partial charge in [-0.3, -0.25) is 4.79 Å². The molecule has 0 aliphatic carbocycles. The number of carbonyl (C=O) groups excluding carboxylic acids is 2. The smallest absolute Gasteiger partial charge is 0.251 e. The lowest BCUT2D eigenvalue weighted by Gasteiger charge is -2.10. The van der Waals surface area contributed by atoms with Gasteiger partial charge in [0, 0.05) is 23.0 Å². The Bertz CT molecular complexity index is 1230. The number of amides is 1. The highest BCUT2D eigenvalue weighted by molar-refractivity contribution is 7.89. The number of sulfonamides is 1. The zero-order valence-electron chi connectivity index (χ0n) is 16.8. The topological polar surface area (TPSA) is 165 Å². The molecule has 0 saturated heterocycles. The predicted octanol–water partition coefficient (Wildman–Crippen LogP) is 0.352.